The third-order valence-electron chi connectivity index (χ3n) is 3.76. The molecule has 0 saturated heterocycles. The molecule has 26 heavy (non-hydrogen) atoms. The number of nitrogens with one attached hydrogen (secondary N) is 2. The molecule has 2 heterocycles. The maximum absolute atomic E-state index is 12.7. The molecule has 0 spiro atoms. The fraction of sp³-hybridized carbons (Fsp3) is 0.250. The molecule has 6 heteroatoms. The fourth-order valence-electron chi connectivity index (χ4n) is 2.59. The second kappa shape index (κ2) is 6.63. The number of aryl methyl sites for hydroxylation is 1. The van der Waals surface area contributed by atoms with E-state index < -0.39 is 5.54 Å². The van der Waals surface area contributed by atoms with Gasteiger partial charge in [0.2, 0.25) is 5.82 Å². The summed E-state index contributed by atoms with van der Waals surface area (Å²) < 4.78 is 1.63. The Morgan fingerprint density at radius 2 is 1.69 bits per heavy atom. The first-order valence-corrected chi connectivity index (χ1v) is 8.42. The summed E-state index contributed by atoms with van der Waals surface area (Å²) >= 11 is 0. The summed E-state index contributed by atoms with van der Waals surface area (Å²) in [4.78, 5) is 29.6. The monoisotopic (exact) mass is 350 g/mol. The lowest BCUT2D eigenvalue weighted by molar-refractivity contribution is 0.0916. The van der Waals surface area contributed by atoms with E-state index in [0.29, 0.717) is 11.2 Å². The van der Waals surface area contributed by atoms with Crippen LogP contribution in [0.2, 0.25) is 0 Å². The first kappa shape index (κ1) is 17.7. The van der Waals surface area contributed by atoms with Gasteiger partial charge in [0.1, 0.15) is 0 Å². The Bertz CT molecular complexity index is 966. The van der Waals surface area contributed by atoms with Crippen LogP contribution >= 0.6 is 0 Å². The normalized spacial score (nSPS) is 11.4. The van der Waals surface area contributed by atoms with Crippen molar-refractivity contribution >= 4 is 23.0 Å². The van der Waals surface area contributed by atoms with Crippen molar-refractivity contribution in [3.63, 3.8) is 0 Å². The van der Waals surface area contributed by atoms with Crippen molar-refractivity contribution in [2.24, 2.45) is 0 Å². The van der Waals surface area contributed by atoms with Crippen molar-refractivity contribution in [3.05, 3.63) is 65.7 Å². The van der Waals surface area contributed by atoms with Gasteiger partial charge in [-0.1, -0.05) is 23.8 Å². The Balaban J connectivity index is 1.97. The number of hydrogen-bond donors (Lipinski definition) is 2. The molecule has 2 amide bonds. The number of amides is 2. The van der Waals surface area contributed by atoms with Gasteiger partial charge in [-0.05, 0) is 52.0 Å². The van der Waals surface area contributed by atoms with Crippen LogP contribution in [0.25, 0.3) is 5.52 Å². The summed E-state index contributed by atoms with van der Waals surface area (Å²) in [7, 11) is 0. The molecule has 0 unspecified atom stereocenters. The van der Waals surface area contributed by atoms with E-state index in [0.717, 1.165) is 5.56 Å². The molecule has 0 saturated carbocycles. The zero-order valence-electron chi connectivity index (χ0n) is 15.3. The lowest BCUT2D eigenvalue weighted by Gasteiger charge is -2.19. The van der Waals surface area contributed by atoms with E-state index in [1.807, 2.05) is 58.0 Å². The van der Waals surface area contributed by atoms with Crippen LogP contribution in [0.1, 0.15) is 47.4 Å². The van der Waals surface area contributed by atoms with Gasteiger partial charge in [0, 0.05) is 17.4 Å². The number of imidazole rings is 1. The highest BCUT2D eigenvalue weighted by atomic mass is 16.2. The van der Waals surface area contributed by atoms with E-state index in [1.54, 1.807) is 22.7 Å². The number of hydrogen-bond acceptors (Lipinski definition) is 3. The standard InChI is InChI=1S/C20H22N4O2/c1-13-8-10-14(11-9-13)21-19(26)17-22-16(18(25)23-20(2,3)4)15-7-5-6-12-24(15)17/h5-12H,1-4H3,(H,21,26)(H,23,25). The highest BCUT2D eigenvalue weighted by molar-refractivity contribution is 6.06. The highest BCUT2D eigenvalue weighted by Crippen LogP contribution is 2.16. The Labute approximate surface area is 152 Å². The summed E-state index contributed by atoms with van der Waals surface area (Å²) in [5.41, 5.74) is 2.20. The van der Waals surface area contributed by atoms with E-state index in [-0.39, 0.29) is 23.3 Å². The third kappa shape index (κ3) is 3.74. The first-order valence-electron chi connectivity index (χ1n) is 8.42. The van der Waals surface area contributed by atoms with Crippen LogP contribution in [0.3, 0.4) is 0 Å². The highest BCUT2D eigenvalue weighted by Gasteiger charge is 2.24. The van der Waals surface area contributed by atoms with E-state index in [9.17, 15) is 9.59 Å². The SMILES string of the molecule is Cc1ccc(NC(=O)c2nc(C(=O)NC(C)(C)C)c3ccccn23)cc1. The van der Waals surface area contributed by atoms with Gasteiger partial charge in [0.15, 0.2) is 5.69 Å². The van der Waals surface area contributed by atoms with E-state index in [4.69, 9.17) is 0 Å². The minimum absolute atomic E-state index is 0.167. The third-order valence-corrected chi connectivity index (χ3v) is 3.76. The minimum Gasteiger partial charge on any atom is -0.346 e. The molecule has 0 atom stereocenters. The van der Waals surface area contributed by atoms with Gasteiger partial charge >= 0.3 is 0 Å². The minimum atomic E-state index is -0.397. The maximum atomic E-state index is 12.7. The van der Waals surface area contributed by atoms with Gasteiger partial charge in [0.25, 0.3) is 11.8 Å². The Morgan fingerprint density at radius 3 is 2.35 bits per heavy atom. The van der Waals surface area contributed by atoms with Gasteiger partial charge in [-0.25, -0.2) is 4.98 Å². The van der Waals surface area contributed by atoms with Crippen LogP contribution in [0.4, 0.5) is 5.69 Å². The van der Waals surface area contributed by atoms with Crippen molar-refractivity contribution < 1.29 is 9.59 Å². The number of aromatic nitrogens is 2. The smallest absolute Gasteiger partial charge is 0.292 e. The first-order chi connectivity index (χ1) is 12.2. The van der Waals surface area contributed by atoms with E-state index >= 15 is 0 Å². The van der Waals surface area contributed by atoms with E-state index in [2.05, 4.69) is 15.6 Å². The quantitative estimate of drug-likeness (QED) is 0.760. The predicted molar refractivity (Wildman–Crippen MR) is 102 cm³/mol. The zero-order chi connectivity index (χ0) is 18.9. The van der Waals surface area contributed by atoms with Crippen LogP contribution in [-0.2, 0) is 0 Å². The average molecular weight is 350 g/mol. The molecule has 2 N–H and O–H groups in total. The molecule has 0 aliphatic heterocycles. The molecule has 3 aromatic rings. The summed E-state index contributed by atoms with van der Waals surface area (Å²) in [6.45, 7) is 7.67. The van der Waals surface area contributed by atoms with Crippen molar-refractivity contribution in [2.45, 2.75) is 33.2 Å². The molecular weight excluding hydrogens is 328 g/mol. The van der Waals surface area contributed by atoms with Crippen molar-refractivity contribution in [2.75, 3.05) is 5.32 Å². The molecule has 0 radical (unpaired) electrons. The molecule has 0 fully saturated rings. The largest absolute Gasteiger partial charge is 0.346 e. The molecular formula is C20H22N4O2. The number of carbonyl (C=O) groups is 2. The van der Waals surface area contributed by atoms with Gasteiger partial charge in [-0.3, -0.25) is 14.0 Å². The molecule has 3 rings (SSSR count). The summed E-state index contributed by atoms with van der Waals surface area (Å²) in [5.74, 6) is -0.513. The number of nitrogens with zero attached hydrogens (tertiary/aromatic N) is 2. The van der Waals surface area contributed by atoms with Crippen LogP contribution in [0, 0.1) is 6.92 Å². The summed E-state index contributed by atoms with van der Waals surface area (Å²) in [6.07, 6.45) is 1.72. The number of fused-ring (bicyclic) bond motifs is 1. The number of benzene rings is 1. The molecule has 0 aliphatic rings. The van der Waals surface area contributed by atoms with Crippen LogP contribution < -0.4 is 10.6 Å². The Hall–Kier alpha value is -3.15. The van der Waals surface area contributed by atoms with Gasteiger partial charge < -0.3 is 10.6 Å². The van der Waals surface area contributed by atoms with E-state index in [1.165, 1.54) is 0 Å². The van der Waals surface area contributed by atoms with Crippen molar-refractivity contribution in [1.82, 2.24) is 14.7 Å². The maximum Gasteiger partial charge on any atom is 0.292 e. The fourth-order valence-corrected chi connectivity index (χ4v) is 2.59. The molecule has 1 aromatic carbocycles. The van der Waals surface area contributed by atoms with Crippen LogP contribution in [0.15, 0.2) is 48.7 Å². The number of anilines is 1. The second-order valence-electron chi connectivity index (χ2n) is 7.26. The number of rotatable bonds is 3. The number of carbonyl (C=O) groups excluding carboxylic acids is 2. The lowest BCUT2D eigenvalue weighted by atomic mass is 10.1. The molecule has 0 bridgehead atoms. The predicted octanol–water partition coefficient (Wildman–Crippen LogP) is 3.42. The van der Waals surface area contributed by atoms with Crippen LogP contribution in [0.5, 0.6) is 0 Å². The topological polar surface area (TPSA) is 75.5 Å². The van der Waals surface area contributed by atoms with Crippen LogP contribution in [-0.4, -0.2) is 26.7 Å². The molecule has 134 valence electrons. The summed E-state index contributed by atoms with van der Waals surface area (Å²) in [5, 5.41) is 5.71. The molecule has 0 aliphatic carbocycles. The molecule has 6 nitrogen and oxygen atoms in total. The second-order valence-corrected chi connectivity index (χ2v) is 7.26. The van der Waals surface area contributed by atoms with Crippen molar-refractivity contribution in [1.29, 1.82) is 0 Å². The summed E-state index contributed by atoms with van der Waals surface area (Å²) in [6, 6.07) is 12.9. The van der Waals surface area contributed by atoms with Gasteiger partial charge in [0.05, 0.1) is 5.52 Å². The molecule has 2 aromatic heterocycles. The lowest BCUT2D eigenvalue weighted by Crippen LogP contribution is -2.40. The Morgan fingerprint density at radius 1 is 1.00 bits per heavy atom. The zero-order valence-corrected chi connectivity index (χ0v) is 15.3. The Kier molecular flexibility index (Phi) is 4.50. The van der Waals surface area contributed by atoms with Gasteiger partial charge in [-0.2, -0.15) is 0 Å². The number of pyridine rings is 1. The van der Waals surface area contributed by atoms with Crippen molar-refractivity contribution in [3.8, 4) is 0 Å². The van der Waals surface area contributed by atoms with Gasteiger partial charge in [-0.15, -0.1) is 0 Å². The average Bonchev–Trinajstić information content (AvgIpc) is 2.95.